The zero-order valence-electron chi connectivity index (χ0n) is 7.06. The summed E-state index contributed by atoms with van der Waals surface area (Å²) >= 11 is 0. The summed E-state index contributed by atoms with van der Waals surface area (Å²) in [4.78, 5) is 20.5. The van der Waals surface area contributed by atoms with Gasteiger partial charge in [-0.3, -0.25) is 4.79 Å². The molecule has 0 aromatic rings. The number of rotatable bonds is 5. The Morgan fingerprint density at radius 3 is 2.23 bits per heavy atom. The third kappa shape index (κ3) is 5.88. The lowest BCUT2D eigenvalue weighted by atomic mass is 10.1. The summed E-state index contributed by atoms with van der Waals surface area (Å²) in [5.41, 5.74) is 15.3. The average molecular weight is 190 g/mol. The Morgan fingerprint density at radius 2 is 1.85 bits per heavy atom. The number of hydrogen-bond donors (Lipinski definition) is 5. The zero-order chi connectivity index (χ0) is 10.4. The minimum absolute atomic E-state index is 0.191. The number of carbonyl (C=O) groups is 2. The maximum Gasteiger partial charge on any atom is 0.320 e. The standard InChI is InChI=1S/C6H14N4O3/c7-3(5(11)12)1-2-4(8)10-6(9)13/h3-4H,1-2,7-8H2,(H,11,12)(H3,9,10,13). The molecule has 0 aliphatic heterocycles. The van der Waals surface area contributed by atoms with Gasteiger partial charge < -0.3 is 27.6 Å². The van der Waals surface area contributed by atoms with Gasteiger partial charge in [0.1, 0.15) is 6.04 Å². The van der Waals surface area contributed by atoms with Crippen LogP contribution in [0.2, 0.25) is 0 Å². The summed E-state index contributed by atoms with van der Waals surface area (Å²) in [5, 5.41) is 10.6. The molecule has 76 valence electrons. The molecule has 0 aliphatic rings. The molecule has 0 saturated heterocycles. The van der Waals surface area contributed by atoms with Crippen LogP contribution in [-0.4, -0.2) is 29.3 Å². The topological polar surface area (TPSA) is 144 Å². The fourth-order valence-corrected chi connectivity index (χ4v) is 0.737. The highest BCUT2D eigenvalue weighted by molar-refractivity contribution is 5.73. The zero-order valence-corrected chi connectivity index (χ0v) is 7.06. The van der Waals surface area contributed by atoms with E-state index in [4.69, 9.17) is 22.3 Å². The predicted molar refractivity (Wildman–Crippen MR) is 45.5 cm³/mol. The molecule has 13 heavy (non-hydrogen) atoms. The lowest BCUT2D eigenvalue weighted by molar-refractivity contribution is -0.138. The van der Waals surface area contributed by atoms with Gasteiger partial charge in [-0.1, -0.05) is 0 Å². The van der Waals surface area contributed by atoms with E-state index in [0.29, 0.717) is 0 Å². The fraction of sp³-hybridized carbons (Fsp3) is 0.667. The van der Waals surface area contributed by atoms with Gasteiger partial charge in [0.05, 0.1) is 6.17 Å². The monoisotopic (exact) mass is 190 g/mol. The number of primary amides is 1. The highest BCUT2D eigenvalue weighted by Crippen LogP contribution is 1.96. The molecule has 7 heteroatoms. The van der Waals surface area contributed by atoms with Crippen molar-refractivity contribution in [2.75, 3.05) is 0 Å². The normalized spacial score (nSPS) is 14.6. The molecular weight excluding hydrogens is 176 g/mol. The van der Waals surface area contributed by atoms with Gasteiger partial charge in [-0.15, -0.1) is 0 Å². The van der Waals surface area contributed by atoms with Crippen LogP contribution in [0.25, 0.3) is 0 Å². The largest absolute Gasteiger partial charge is 0.480 e. The molecule has 0 spiro atoms. The number of carboxylic acids is 1. The molecule has 2 unspecified atom stereocenters. The van der Waals surface area contributed by atoms with Crippen LogP contribution in [0.15, 0.2) is 0 Å². The van der Waals surface area contributed by atoms with Gasteiger partial charge in [0.15, 0.2) is 0 Å². The van der Waals surface area contributed by atoms with Crippen molar-refractivity contribution >= 4 is 12.0 Å². The van der Waals surface area contributed by atoms with Crippen molar-refractivity contribution in [2.45, 2.75) is 25.0 Å². The van der Waals surface area contributed by atoms with Gasteiger partial charge in [-0.2, -0.15) is 0 Å². The second-order valence-corrected chi connectivity index (χ2v) is 2.64. The van der Waals surface area contributed by atoms with Gasteiger partial charge in [-0.25, -0.2) is 4.79 Å². The second-order valence-electron chi connectivity index (χ2n) is 2.64. The van der Waals surface area contributed by atoms with Crippen LogP contribution in [0.1, 0.15) is 12.8 Å². The van der Waals surface area contributed by atoms with E-state index >= 15 is 0 Å². The summed E-state index contributed by atoms with van der Waals surface area (Å²) in [5.74, 6) is -1.09. The van der Waals surface area contributed by atoms with Gasteiger partial charge >= 0.3 is 12.0 Å². The number of carbonyl (C=O) groups excluding carboxylic acids is 1. The van der Waals surface area contributed by atoms with Crippen LogP contribution in [0, 0.1) is 0 Å². The fourth-order valence-electron chi connectivity index (χ4n) is 0.737. The average Bonchev–Trinajstić information content (AvgIpc) is 1.98. The molecule has 0 aromatic heterocycles. The van der Waals surface area contributed by atoms with E-state index in [9.17, 15) is 9.59 Å². The summed E-state index contributed by atoms with van der Waals surface area (Å²) in [6.45, 7) is 0. The Balaban J connectivity index is 3.63. The minimum atomic E-state index is -1.09. The molecule has 2 atom stereocenters. The summed E-state index contributed by atoms with van der Waals surface area (Å²) in [6.07, 6.45) is -0.185. The maximum absolute atomic E-state index is 10.3. The molecule has 2 amide bonds. The van der Waals surface area contributed by atoms with Gasteiger partial charge in [0.25, 0.3) is 0 Å². The SMILES string of the molecule is NC(=O)NC(N)CCC(N)C(=O)O. The number of aliphatic carboxylic acids is 1. The van der Waals surface area contributed by atoms with Crippen LogP contribution in [0.3, 0.4) is 0 Å². The molecule has 0 aromatic carbocycles. The van der Waals surface area contributed by atoms with Gasteiger partial charge in [0, 0.05) is 0 Å². The molecular formula is C6H14N4O3. The lowest BCUT2D eigenvalue weighted by Crippen LogP contribution is -2.45. The first-order chi connectivity index (χ1) is 5.93. The molecule has 0 radical (unpaired) electrons. The highest BCUT2D eigenvalue weighted by atomic mass is 16.4. The first kappa shape index (κ1) is 11.7. The van der Waals surface area contributed by atoms with E-state index in [0.717, 1.165) is 0 Å². The Hall–Kier alpha value is -1.34. The van der Waals surface area contributed by atoms with E-state index in [1.807, 2.05) is 0 Å². The van der Waals surface area contributed by atoms with Crippen LogP contribution >= 0.6 is 0 Å². The molecule has 0 saturated carbocycles. The van der Waals surface area contributed by atoms with Gasteiger partial charge in [0.2, 0.25) is 0 Å². The van der Waals surface area contributed by atoms with E-state index in [1.165, 1.54) is 0 Å². The second kappa shape index (κ2) is 5.33. The van der Waals surface area contributed by atoms with E-state index in [1.54, 1.807) is 0 Å². The van der Waals surface area contributed by atoms with Crippen molar-refractivity contribution in [3.63, 3.8) is 0 Å². The van der Waals surface area contributed by atoms with Crippen molar-refractivity contribution in [2.24, 2.45) is 17.2 Å². The lowest BCUT2D eigenvalue weighted by Gasteiger charge is -2.13. The summed E-state index contributed by atoms with van der Waals surface area (Å²) in [6, 6.07) is -1.70. The summed E-state index contributed by atoms with van der Waals surface area (Å²) < 4.78 is 0. The van der Waals surface area contributed by atoms with Crippen LogP contribution in [0.5, 0.6) is 0 Å². The van der Waals surface area contributed by atoms with Crippen molar-refractivity contribution in [1.29, 1.82) is 0 Å². The number of nitrogens with one attached hydrogen (secondary N) is 1. The Labute approximate surface area is 75.3 Å². The molecule has 0 rings (SSSR count). The molecule has 0 heterocycles. The van der Waals surface area contributed by atoms with E-state index < -0.39 is 24.2 Å². The smallest absolute Gasteiger partial charge is 0.320 e. The van der Waals surface area contributed by atoms with Crippen LogP contribution in [-0.2, 0) is 4.79 Å². The van der Waals surface area contributed by atoms with Crippen LogP contribution < -0.4 is 22.5 Å². The molecule has 0 bridgehead atoms. The van der Waals surface area contributed by atoms with Crippen molar-refractivity contribution in [3.8, 4) is 0 Å². The highest BCUT2D eigenvalue weighted by Gasteiger charge is 2.13. The third-order valence-electron chi connectivity index (χ3n) is 1.43. The molecule has 7 nitrogen and oxygen atoms in total. The number of carboxylic acid groups (broad SMARTS) is 1. The summed E-state index contributed by atoms with van der Waals surface area (Å²) in [7, 11) is 0. The van der Waals surface area contributed by atoms with Crippen molar-refractivity contribution in [3.05, 3.63) is 0 Å². The van der Waals surface area contributed by atoms with E-state index in [2.05, 4.69) is 5.32 Å². The maximum atomic E-state index is 10.3. The minimum Gasteiger partial charge on any atom is -0.480 e. The third-order valence-corrected chi connectivity index (χ3v) is 1.43. The first-order valence-electron chi connectivity index (χ1n) is 3.73. The Morgan fingerprint density at radius 1 is 1.31 bits per heavy atom. The first-order valence-corrected chi connectivity index (χ1v) is 3.73. The number of hydrogen-bond acceptors (Lipinski definition) is 4. The number of nitrogens with two attached hydrogens (primary N) is 3. The Bertz CT molecular complexity index is 196. The van der Waals surface area contributed by atoms with E-state index in [-0.39, 0.29) is 12.8 Å². The van der Waals surface area contributed by atoms with Crippen molar-refractivity contribution < 1.29 is 14.7 Å². The predicted octanol–water partition coefficient (Wildman–Crippen LogP) is -1.87. The molecule has 8 N–H and O–H groups in total. The molecule has 0 fully saturated rings. The Kier molecular flexibility index (Phi) is 4.78. The van der Waals surface area contributed by atoms with Gasteiger partial charge in [-0.05, 0) is 12.8 Å². The molecule has 0 aliphatic carbocycles. The van der Waals surface area contributed by atoms with Crippen LogP contribution in [0.4, 0.5) is 4.79 Å². The van der Waals surface area contributed by atoms with Crippen molar-refractivity contribution in [1.82, 2.24) is 5.32 Å². The number of urea groups is 1. The quantitative estimate of drug-likeness (QED) is 0.322. The number of amides is 2.